The first-order chi connectivity index (χ1) is 5.93. The standard InChI is InChI=1S/C12H23/c1-2-3-4-5-6-7-8-9-12-10-11-12/h12H,1-11H2. The molecule has 1 radical (unpaired) electrons. The van der Waals surface area contributed by atoms with E-state index in [-0.39, 0.29) is 0 Å². The topological polar surface area (TPSA) is 0 Å². The highest BCUT2D eigenvalue weighted by Gasteiger charge is 2.19. The van der Waals surface area contributed by atoms with E-state index in [1.807, 2.05) is 0 Å². The fraction of sp³-hybridized carbons (Fsp3) is 0.917. The highest BCUT2D eigenvalue weighted by atomic mass is 14.2. The van der Waals surface area contributed by atoms with Crippen molar-refractivity contribution in [3.8, 4) is 0 Å². The summed E-state index contributed by atoms with van der Waals surface area (Å²) in [6.45, 7) is 3.85. The van der Waals surface area contributed by atoms with E-state index in [0.29, 0.717) is 0 Å². The number of rotatable bonds is 8. The Hall–Kier alpha value is 0. The molecule has 0 saturated heterocycles. The SMILES string of the molecule is [CH2]CCCCCCCCC1CC1. The van der Waals surface area contributed by atoms with Crippen LogP contribution < -0.4 is 0 Å². The predicted octanol–water partition coefficient (Wildman–Crippen LogP) is 4.35. The van der Waals surface area contributed by atoms with E-state index in [1.165, 1.54) is 57.8 Å². The highest BCUT2D eigenvalue weighted by Crippen LogP contribution is 2.34. The van der Waals surface area contributed by atoms with Crippen LogP contribution in [0, 0.1) is 12.8 Å². The monoisotopic (exact) mass is 167 g/mol. The van der Waals surface area contributed by atoms with Gasteiger partial charge in [0.1, 0.15) is 0 Å². The molecule has 0 heteroatoms. The lowest BCUT2D eigenvalue weighted by Crippen LogP contribution is -1.81. The molecule has 0 bridgehead atoms. The summed E-state index contributed by atoms with van der Waals surface area (Å²) in [4.78, 5) is 0. The second-order valence-electron chi connectivity index (χ2n) is 4.21. The fourth-order valence-corrected chi connectivity index (χ4v) is 1.72. The summed E-state index contributed by atoms with van der Waals surface area (Å²) >= 11 is 0. The van der Waals surface area contributed by atoms with Gasteiger partial charge in [0.15, 0.2) is 0 Å². The Morgan fingerprint density at radius 3 is 2.00 bits per heavy atom. The second kappa shape index (κ2) is 6.51. The van der Waals surface area contributed by atoms with Crippen LogP contribution in [0.2, 0.25) is 0 Å². The third kappa shape index (κ3) is 5.62. The molecule has 71 valence electrons. The Morgan fingerprint density at radius 2 is 1.42 bits per heavy atom. The Labute approximate surface area is 77.7 Å². The van der Waals surface area contributed by atoms with Crippen molar-refractivity contribution in [1.82, 2.24) is 0 Å². The molecule has 0 aromatic rings. The maximum absolute atomic E-state index is 3.85. The van der Waals surface area contributed by atoms with Gasteiger partial charge in [0.05, 0.1) is 0 Å². The minimum Gasteiger partial charge on any atom is -0.0533 e. The van der Waals surface area contributed by atoms with Crippen LogP contribution in [-0.4, -0.2) is 0 Å². The van der Waals surface area contributed by atoms with E-state index in [0.717, 1.165) is 12.3 Å². The van der Waals surface area contributed by atoms with Gasteiger partial charge in [0.25, 0.3) is 0 Å². The van der Waals surface area contributed by atoms with Crippen molar-refractivity contribution in [3.05, 3.63) is 6.92 Å². The lowest BCUT2D eigenvalue weighted by Gasteiger charge is -1.99. The van der Waals surface area contributed by atoms with Gasteiger partial charge in [-0.1, -0.05) is 71.1 Å². The first-order valence-electron chi connectivity index (χ1n) is 5.72. The van der Waals surface area contributed by atoms with Gasteiger partial charge < -0.3 is 0 Å². The minimum atomic E-state index is 1.13. The van der Waals surface area contributed by atoms with Crippen LogP contribution in [0.3, 0.4) is 0 Å². The molecule has 0 nitrogen and oxygen atoms in total. The van der Waals surface area contributed by atoms with Crippen LogP contribution >= 0.6 is 0 Å². The van der Waals surface area contributed by atoms with Crippen LogP contribution in [0.4, 0.5) is 0 Å². The van der Waals surface area contributed by atoms with E-state index in [2.05, 4.69) is 6.92 Å². The summed E-state index contributed by atoms with van der Waals surface area (Å²) in [5.74, 6) is 1.14. The van der Waals surface area contributed by atoms with Crippen LogP contribution in [0.1, 0.15) is 64.2 Å². The van der Waals surface area contributed by atoms with E-state index < -0.39 is 0 Å². The summed E-state index contributed by atoms with van der Waals surface area (Å²) in [5, 5.41) is 0. The van der Waals surface area contributed by atoms with Crippen LogP contribution in [0.5, 0.6) is 0 Å². The zero-order valence-electron chi connectivity index (χ0n) is 8.36. The summed E-state index contributed by atoms with van der Waals surface area (Å²) < 4.78 is 0. The lowest BCUT2D eigenvalue weighted by molar-refractivity contribution is 0.562. The molecular weight excluding hydrogens is 144 g/mol. The molecule has 0 unspecified atom stereocenters. The van der Waals surface area contributed by atoms with Crippen molar-refractivity contribution in [2.75, 3.05) is 0 Å². The Kier molecular flexibility index (Phi) is 5.47. The minimum absolute atomic E-state index is 1.13. The highest BCUT2D eigenvalue weighted by molar-refractivity contribution is 4.72. The van der Waals surface area contributed by atoms with Gasteiger partial charge >= 0.3 is 0 Å². The Bertz CT molecular complexity index is 92.2. The van der Waals surface area contributed by atoms with Crippen LogP contribution in [-0.2, 0) is 0 Å². The van der Waals surface area contributed by atoms with Crippen LogP contribution in [0.25, 0.3) is 0 Å². The second-order valence-corrected chi connectivity index (χ2v) is 4.21. The summed E-state index contributed by atoms with van der Waals surface area (Å²) in [6.07, 6.45) is 14.3. The van der Waals surface area contributed by atoms with Gasteiger partial charge in [-0.05, 0) is 5.92 Å². The molecule has 1 aliphatic rings. The molecule has 0 aliphatic heterocycles. The molecule has 0 N–H and O–H groups in total. The maximum Gasteiger partial charge on any atom is -0.0414 e. The van der Waals surface area contributed by atoms with Crippen molar-refractivity contribution in [1.29, 1.82) is 0 Å². The third-order valence-corrected chi connectivity index (χ3v) is 2.81. The summed E-state index contributed by atoms with van der Waals surface area (Å²) in [5.41, 5.74) is 0. The molecule has 0 atom stereocenters. The molecule has 0 aromatic carbocycles. The molecule has 1 saturated carbocycles. The van der Waals surface area contributed by atoms with Crippen molar-refractivity contribution in [2.45, 2.75) is 64.2 Å². The van der Waals surface area contributed by atoms with Gasteiger partial charge in [-0.3, -0.25) is 0 Å². The van der Waals surface area contributed by atoms with Gasteiger partial charge in [-0.2, -0.15) is 0 Å². The first-order valence-corrected chi connectivity index (χ1v) is 5.72. The number of unbranched alkanes of at least 4 members (excludes halogenated alkanes) is 6. The van der Waals surface area contributed by atoms with Gasteiger partial charge in [0.2, 0.25) is 0 Å². The molecule has 0 heterocycles. The van der Waals surface area contributed by atoms with E-state index in [1.54, 1.807) is 0 Å². The molecule has 0 amide bonds. The van der Waals surface area contributed by atoms with Crippen molar-refractivity contribution in [3.63, 3.8) is 0 Å². The smallest absolute Gasteiger partial charge is 0.0414 e. The molecule has 0 aromatic heterocycles. The molecule has 1 fully saturated rings. The van der Waals surface area contributed by atoms with Crippen molar-refractivity contribution < 1.29 is 0 Å². The van der Waals surface area contributed by atoms with Gasteiger partial charge in [-0.25, -0.2) is 0 Å². The lowest BCUT2D eigenvalue weighted by atomic mass is 10.1. The average Bonchev–Trinajstić information content (AvgIpc) is 2.87. The summed E-state index contributed by atoms with van der Waals surface area (Å²) in [7, 11) is 0. The third-order valence-electron chi connectivity index (χ3n) is 2.81. The fourth-order valence-electron chi connectivity index (χ4n) is 1.72. The van der Waals surface area contributed by atoms with E-state index in [4.69, 9.17) is 0 Å². The molecule has 1 aliphatic carbocycles. The van der Waals surface area contributed by atoms with Crippen molar-refractivity contribution in [2.24, 2.45) is 5.92 Å². The zero-order valence-corrected chi connectivity index (χ0v) is 8.36. The van der Waals surface area contributed by atoms with Gasteiger partial charge in [-0.15, -0.1) is 0 Å². The molecule has 0 spiro atoms. The molecule has 1 rings (SSSR count). The van der Waals surface area contributed by atoms with E-state index in [9.17, 15) is 0 Å². The molecule has 12 heavy (non-hydrogen) atoms. The zero-order chi connectivity index (χ0) is 8.65. The van der Waals surface area contributed by atoms with Crippen molar-refractivity contribution >= 4 is 0 Å². The van der Waals surface area contributed by atoms with Crippen LogP contribution in [0.15, 0.2) is 0 Å². The Balaban J connectivity index is 1.65. The average molecular weight is 167 g/mol. The predicted molar refractivity (Wildman–Crippen MR) is 55.0 cm³/mol. The normalized spacial score (nSPS) is 16.8. The summed E-state index contributed by atoms with van der Waals surface area (Å²) in [6, 6.07) is 0. The largest absolute Gasteiger partial charge is 0.0533 e. The Morgan fingerprint density at radius 1 is 0.833 bits per heavy atom. The molecular formula is C12H23. The quantitative estimate of drug-likeness (QED) is 0.471. The number of hydrogen-bond acceptors (Lipinski definition) is 0. The van der Waals surface area contributed by atoms with Gasteiger partial charge in [0, 0.05) is 0 Å². The number of hydrogen-bond donors (Lipinski definition) is 0. The first kappa shape index (κ1) is 10.1. The van der Waals surface area contributed by atoms with E-state index >= 15 is 0 Å². The maximum atomic E-state index is 3.85.